The summed E-state index contributed by atoms with van der Waals surface area (Å²) in [4.78, 5) is 12.7. The minimum absolute atomic E-state index is 0.167. The third kappa shape index (κ3) is 3.17. The number of hydrogen-bond donors (Lipinski definition) is 2. The van der Waals surface area contributed by atoms with E-state index in [0.29, 0.717) is 5.92 Å². The largest absolute Gasteiger partial charge is 0.393 e. The first-order valence-electron chi connectivity index (χ1n) is 7.55. The molecule has 2 N–H and O–H groups in total. The second kappa shape index (κ2) is 6.25. The summed E-state index contributed by atoms with van der Waals surface area (Å²) in [5.74, 6) is 2.12. The number of anilines is 1. The Bertz CT molecular complexity index is 615. The van der Waals surface area contributed by atoms with E-state index in [-0.39, 0.29) is 6.10 Å². The summed E-state index contributed by atoms with van der Waals surface area (Å²) in [6, 6.07) is 2.07. The second-order valence-electron chi connectivity index (χ2n) is 5.73. The molecule has 5 nitrogen and oxygen atoms in total. The van der Waals surface area contributed by atoms with Gasteiger partial charge in [-0.05, 0) is 30.7 Å². The molecule has 114 valence electrons. The lowest BCUT2D eigenvalue weighted by Crippen LogP contribution is -2.41. The predicted octanol–water partition coefficient (Wildman–Crippen LogP) is 2.33. The Morgan fingerprint density at radius 1 is 1.48 bits per heavy atom. The number of aliphatic hydroxyl groups is 1. The van der Waals surface area contributed by atoms with Gasteiger partial charge in [0.2, 0.25) is 0 Å². The molecule has 0 radical (unpaired) electrons. The molecule has 1 aliphatic rings. The Kier molecular flexibility index (Phi) is 4.37. The maximum absolute atomic E-state index is 9.82. The van der Waals surface area contributed by atoms with Gasteiger partial charge in [-0.2, -0.15) is 0 Å². The van der Waals surface area contributed by atoms with E-state index in [1.807, 2.05) is 0 Å². The van der Waals surface area contributed by atoms with Gasteiger partial charge in [-0.25, -0.2) is 9.97 Å². The molecular formula is C15H22N4OS. The predicted molar refractivity (Wildman–Crippen MR) is 86.6 cm³/mol. The van der Waals surface area contributed by atoms with Crippen molar-refractivity contribution in [1.29, 1.82) is 0 Å². The van der Waals surface area contributed by atoms with Gasteiger partial charge in [0.05, 0.1) is 18.0 Å². The molecule has 3 heterocycles. The molecule has 1 aliphatic heterocycles. The zero-order valence-electron chi connectivity index (χ0n) is 12.5. The Labute approximate surface area is 129 Å². The summed E-state index contributed by atoms with van der Waals surface area (Å²) < 4.78 is 0. The summed E-state index contributed by atoms with van der Waals surface area (Å²) in [6.45, 7) is 7.60. The van der Waals surface area contributed by atoms with Gasteiger partial charge in [-0.1, -0.05) is 6.92 Å². The molecule has 2 aromatic rings. The van der Waals surface area contributed by atoms with Crippen LogP contribution in [0.3, 0.4) is 0 Å². The van der Waals surface area contributed by atoms with Crippen molar-refractivity contribution >= 4 is 27.4 Å². The number of thiophene rings is 1. The van der Waals surface area contributed by atoms with Crippen LogP contribution in [-0.2, 0) is 6.54 Å². The normalized spacial score (nSPS) is 23.6. The number of aromatic nitrogens is 2. The van der Waals surface area contributed by atoms with Gasteiger partial charge in [-0.15, -0.1) is 11.3 Å². The Hall–Kier alpha value is -1.24. The smallest absolute Gasteiger partial charge is 0.146 e. The van der Waals surface area contributed by atoms with Gasteiger partial charge in [0.25, 0.3) is 0 Å². The van der Waals surface area contributed by atoms with Crippen LogP contribution >= 0.6 is 11.3 Å². The Balaban J connectivity index is 1.80. The molecule has 2 unspecified atom stereocenters. The molecule has 2 atom stereocenters. The first-order chi connectivity index (χ1) is 10.2. The fourth-order valence-electron chi connectivity index (χ4n) is 2.84. The van der Waals surface area contributed by atoms with Gasteiger partial charge in [0.1, 0.15) is 16.5 Å². The van der Waals surface area contributed by atoms with E-state index in [1.165, 1.54) is 0 Å². The van der Waals surface area contributed by atoms with Crippen molar-refractivity contribution < 1.29 is 5.11 Å². The molecule has 0 aliphatic carbocycles. The monoisotopic (exact) mass is 306 g/mol. The SMILES string of the molecule is CCNc1nc(CN2CCC(O)C(C)C2)nc2sccc12. The van der Waals surface area contributed by atoms with Crippen LogP contribution in [0, 0.1) is 5.92 Å². The van der Waals surface area contributed by atoms with Crippen LogP contribution in [0.4, 0.5) is 5.82 Å². The molecule has 0 saturated carbocycles. The Morgan fingerprint density at radius 2 is 2.33 bits per heavy atom. The van der Waals surface area contributed by atoms with Crippen molar-refractivity contribution in [3.63, 3.8) is 0 Å². The maximum atomic E-state index is 9.82. The van der Waals surface area contributed by atoms with Gasteiger partial charge in [0, 0.05) is 19.6 Å². The summed E-state index contributed by atoms with van der Waals surface area (Å²) in [6.07, 6.45) is 0.668. The van der Waals surface area contributed by atoms with Crippen LogP contribution in [0.2, 0.25) is 0 Å². The fraction of sp³-hybridized carbons (Fsp3) is 0.600. The third-order valence-corrected chi connectivity index (χ3v) is 4.83. The highest BCUT2D eigenvalue weighted by molar-refractivity contribution is 7.16. The van der Waals surface area contributed by atoms with Crippen LogP contribution < -0.4 is 5.32 Å². The standard InChI is InChI=1S/C15H22N4OS/c1-3-16-14-11-5-7-21-15(11)18-13(17-14)9-19-6-4-12(20)10(2)8-19/h5,7,10,12,20H,3-4,6,8-9H2,1-2H3,(H,16,17,18). The molecule has 2 aromatic heterocycles. The van der Waals surface area contributed by atoms with Gasteiger partial charge in [0.15, 0.2) is 0 Å². The molecular weight excluding hydrogens is 284 g/mol. The van der Waals surface area contributed by atoms with Gasteiger partial charge >= 0.3 is 0 Å². The highest BCUT2D eigenvalue weighted by Gasteiger charge is 2.24. The van der Waals surface area contributed by atoms with Gasteiger partial charge < -0.3 is 10.4 Å². The molecule has 6 heteroatoms. The number of nitrogens with one attached hydrogen (secondary N) is 1. The third-order valence-electron chi connectivity index (χ3n) is 4.02. The number of likely N-dealkylation sites (tertiary alicyclic amines) is 1. The first kappa shape index (κ1) is 14.7. The van der Waals surface area contributed by atoms with Crippen molar-refractivity contribution in [2.24, 2.45) is 5.92 Å². The highest BCUT2D eigenvalue weighted by Crippen LogP contribution is 2.26. The van der Waals surface area contributed by atoms with Crippen LogP contribution in [0.1, 0.15) is 26.1 Å². The van der Waals surface area contributed by atoms with Crippen molar-refractivity contribution in [2.45, 2.75) is 32.9 Å². The van der Waals surface area contributed by atoms with Crippen LogP contribution in [0.25, 0.3) is 10.2 Å². The van der Waals surface area contributed by atoms with Crippen molar-refractivity contribution in [3.8, 4) is 0 Å². The molecule has 21 heavy (non-hydrogen) atoms. The number of piperidine rings is 1. The van der Waals surface area contributed by atoms with Crippen molar-refractivity contribution in [1.82, 2.24) is 14.9 Å². The van der Waals surface area contributed by atoms with E-state index in [4.69, 9.17) is 0 Å². The molecule has 1 saturated heterocycles. The zero-order valence-corrected chi connectivity index (χ0v) is 13.4. The molecule has 1 fully saturated rings. The van der Waals surface area contributed by atoms with Crippen LogP contribution in [0.5, 0.6) is 0 Å². The van der Waals surface area contributed by atoms with E-state index >= 15 is 0 Å². The van der Waals surface area contributed by atoms with Crippen LogP contribution in [-0.4, -0.2) is 45.7 Å². The summed E-state index contributed by atoms with van der Waals surface area (Å²) in [7, 11) is 0. The zero-order chi connectivity index (χ0) is 14.8. The minimum atomic E-state index is -0.167. The molecule has 0 spiro atoms. The second-order valence-corrected chi connectivity index (χ2v) is 6.62. The molecule has 3 rings (SSSR count). The highest BCUT2D eigenvalue weighted by atomic mass is 32.1. The van der Waals surface area contributed by atoms with Crippen molar-refractivity contribution in [2.75, 3.05) is 25.0 Å². The quantitative estimate of drug-likeness (QED) is 0.908. The lowest BCUT2D eigenvalue weighted by molar-refractivity contribution is 0.0311. The van der Waals surface area contributed by atoms with E-state index in [9.17, 15) is 5.11 Å². The number of hydrogen-bond acceptors (Lipinski definition) is 6. The average Bonchev–Trinajstić information content (AvgIpc) is 2.92. The summed E-state index contributed by atoms with van der Waals surface area (Å²) in [5, 5.41) is 16.3. The van der Waals surface area contributed by atoms with E-state index in [2.05, 4.69) is 45.5 Å². The minimum Gasteiger partial charge on any atom is -0.393 e. The topological polar surface area (TPSA) is 61.3 Å². The van der Waals surface area contributed by atoms with Gasteiger partial charge in [-0.3, -0.25) is 4.90 Å². The molecule has 0 amide bonds. The first-order valence-corrected chi connectivity index (χ1v) is 8.43. The van der Waals surface area contributed by atoms with E-state index in [1.54, 1.807) is 11.3 Å². The summed E-state index contributed by atoms with van der Waals surface area (Å²) in [5.41, 5.74) is 0. The van der Waals surface area contributed by atoms with E-state index in [0.717, 1.165) is 54.5 Å². The number of aliphatic hydroxyl groups excluding tert-OH is 1. The Morgan fingerprint density at radius 3 is 3.10 bits per heavy atom. The van der Waals surface area contributed by atoms with Crippen molar-refractivity contribution in [3.05, 3.63) is 17.3 Å². The molecule has 0 aromatic carbocycles. The maximum Gasteiger partial charge on any atom is 0.146 e. The van der Waals surface area contributed by atoms with E-state index < -0.39 is 0 Å². The summed E-state index contributed by atoms with van der Waals surface area (Å²) >= 11 is 1.65. The number of rotatable bonds is 4. The van der Waals surface area contributed by atoms with Crippen LogP contribution in [0.15, 0.2) is 11.4 Å². The fourth-order valence-corrected chi connectivity index (χ4v) is 3.62. The number of nitrogens with zero attached hydrogens (tertiary/aromatic N) is 3. The number of fused-ring (bicyclic) bond motifs is 1. The lowest BCUT2D eigenvalue weighted by atomic mass is 9.97. The molecule has 0 bridgehead atoms. The average molecular weight is 306 g/mol. The lowest BCUT2D eigenvalue weighted by Gasteiger charge is -2.33.